The molecule has 0 spiro atoms. The van der Waals surface area contributed by atoms with Crippen LogP contribution in [0.25, 0.3) is 0 Å². The van der Waals surface area contributed by atoms with Crippen molar-refractivity contribution in [1.29, 1.82) is 0 Å². The third-order valence-corrected chi connectivity index (χ3v) is 3.62. The highest BCUT2D eigenvalue weighted by Crippen LogP contribution is 2.32. The first-order chi connectivity index (χ1) is 10.2. The lowest BCUT2D eigenvalue weighted by atomic mass is 10.1. The molecule has 0 bridgehead atoms. The topological polar surface area (TPSA) is 30.5 Å². The van der Waals surface area contributed by atoms with E-state index in [-0.39, 0.29) is 0 Å². The number of para-hydroxylation sites is 1. The summed E-state index contributed by atoms with van der Waals surface area (Å²) in [6, 6.07) is 11.2. The van der Waals surface area contributed by atoms with Gasteiger partial charge in [0.15, 0.2) is 11.5 Å². The molecule has 1 N–H and O–H groups in total. The molecule has 0 atom stereocenters. The summed E-state index contributed by atoms with van der Waals surface area (Å²) in [4.78, 5) is 0. The summed E-state index contributed by atoms with van der Waals surface area (Å²) in [6.07, 6.45) is 0. The van der Waals surface area contributed by atoms with Gasteiger partial charge in [-0.3, -0.25) is 0 Å². The van der Waals surface area contributed by atoms with Crippen LogP contribution in [0.1, 0.15) is 11.1 Å². The van der Waals surface area contributed by atoms with Crippen molar-refractivity contribution < 1.29 is 9.47 Å². The molecule has 0 radical (unpaired) electrons. The van der Waals surface area contributed by atoms with Gasteiger partial charge in [0.05, 0.1) is 7.11 Å². The van der Waals surface area contributed by atoms with E-state index in [0.29, 0.717) is 28.9 Å². The summed E-state index contributed by atoms with van der Waals surface area (Å²) in [7, 11) is 3.51. The first-order valence-corrected chi connectivity index (χ1v) is 7.28. The maximum absolute atomic E-state index is 6.16. The van der Waals surface area contributed by atoms with E-state index in [4.69, 9.17) is 32.7 Å². The summed E-state index contributed by atoms with van der Waals surface area (Å²) < 4.78 is 11.3. The van der Waals surface area contributed by atoms with Crippen LogP contribution in [0, 0.1) is 0 Å². The van der Waals surface area contributed by atoms with Crippen LogP contribution in [0.2, 0.25) is 10.0 Å². The van der Waals surface area contributed by atoms with Gasteiger partial charge in [-0.2, -0.15) is 0 Å². The van der Waals surface area contributed by atoms with Crippen molar-refractivity contribution >= 4 is 23.2 Å². The Balaban J connectivity index is 2.22. The Morgan fingerprint density at radius 1 is 1.10 bits per heavy atom. The molecular weight excluding hydrogens is 309 g/mol. The third-order valence-electron chi connectivity index (χ3n) is 3.03. The Kier molecular flexibility index (Phi) is 5.74. The monoisotopic (exact) mass is 325 g/mol. The van der Waals surface area contributed by atoms with E-state index < -0.39 is 0 Å². The van der Waals surface area contributed by atoms with Gasteiger partial charge in [0, 0.05) is 27.7 Å². The van der Waals surface area contributed by atoms with Crippen LogP contribution in [-0.4, -0.2) is 14.2 Å². The average molecular weight is 326 g/mol. The molecule has 0 saturated heterocycles. The van der Waals surface area contributed by atoms with Gasteiger partial charge in [-0.1, -0.05) is 41.4 Å². The molecule has 112 valence electrons. The fourth-order valence-corrected chi connectivity index (χ4v) is 2.47. The third kappa shape index (κ3) is 4.03. The fourth-order valence-electron chi connectivity index (χ4n) is 2.00. The molecule has 0 heterocycles. The van der Waals surface area contributed by atoms with Gasteiger partial charge in [-0.05, 0) is 25.2 Å². The van der Waals surface area contributed by atoms with E-state index in [1.807, 2.05) is 31.3 Å². The van der Waals surface area contributed by atoms with Gasteiger partial charge in [0.2, 0.25) is 0 Å². The molecule has 2 aromatic rings. The number of hydrogen-bond acceptors (Lipinski definition) is 3. The van der Waals surface area contributed by atoms with Gasteiger partial charge < -0.3 is 14.8 Å². The Labute approximate surface area is 134 Å². The van der Waals surface area contributed by atoms with Crippen molar-refractivity contribution in [3.63, 3.8) is 0 Å². The molecule has 0 aliphatic carbocycles. The number of halogens is 2. The minimum Gasteiger partial charge on any atom is -0.493 e. The molecule has 2 rings (SSSR count). The lowest BCUT2D eigenvalue weighted by Crippen LogP contribution is -2.08. The van der Waals surface area contributed by atoms with Crippen LogP contribution >= 0.6 is 23.2 Å². The Morgan fingerprint density at radius 2 is 1.90 bits per heavy atom. The molecule has 0 aromatic heterocycles. The summed E-state index contributed by atoms with van der Waals surface area (Å²) in [6.45, 7) is 1.05. The normalized spacial score (nSPS) is 10.5. The zero-order chi connectivity index (χ0) is 15.2. The summed E-state index contributed by atoms with van der Waals surface area (Å²) >= 11 is 12.1. The largest absolute Gasteiger partial charge is 0.493 e. The summed E-state index contributed by atoms with van der Waals surface area (Å²) in [5.74, 6) is 1.42. The van der Waals surface area contributed by atoms with Gasteiger partial charge in [-0.15, -0.1) is 0 Å². The zero-order valence-corrected chi connectivity index (χ0v) is 13.5. The van der Waals surface area contributed by atoms with E-state index in [1.165, 1.54) is 0 Å². The van der Waals surface area contributed by atoms with E-state index in [0.717, 1.165) is 16.9 Å². The van der Waals surface area contributed by atoms with Crippen molar-refractivity contribution in [1.82, 2.24) is 5.32 Å². The van der Waals surface area contributed by atoms with E-state index >= 15 is 0 Å². The van der Waals surface area contributed by atoms with Crippen molar-refractivity contribution in [2.24, 2.45) is 0 Å². The lowest BCUT2D eigenvalue weighted by molar-refractivity contribution is 0.281. The first kappa shape index (κ1) is 16.0. The van der Waals surface area contributed by atoms with Crippen molar-refractivity contribution in [2.75, 3.05) is 14.2 Å². The SMILES string of the molecule is CNCc1cccc(OC)c1OCc1ccc(Cl)cc1Cl. The standard InChI is InChI=1S/C16H17Cl2NO2/c1-19-9-11-4-3-5-15(20-2)16(11)21-10-12-6-7-13(17)8-14(12)18/h3-8,19H,9-10H2,1-2H3. The molecule has 21 heavy (non-hydrogen) atoms. The second kappa shape index (κ2) is 7.55. The van der Waals surface area contributed by atoms with E-state index in [2.05, 4.69) is 5.32 Å². The zero-order valence-electron chi connectivity index (χ0n) is 12.0. The quantitative estimate of drug-likeness (QED) is 0.858. The van der Waals surface area contributed by atoms with Crippen LogP contribution in [0.3, 0.4) is 0 Å². The second-order valence-electron chi connectivity index (χ2n) is 4.50. The number of methoxy groups -OCH3 is 1. The number of hydrogen-bond donors (Lipinski definition) is 1. The molecule has 0 fully saturated rings. The smallest absolute Gasteiger partial charge is 0.166 e. The van der Waals surface area contributed by atoms with Crippen LogP contribution < -0.4 is 14.8 Å². The predicted molar refractivity (Wildman–Crippen MR) is 86.6 cm³/mol. The predicted octanol–water partition coefficient (Wildman–Crippen LogP) is 4.30. The second-order valence-corrected chi connectivity index (χ2v) is 5.35. The van der Waals surface area contributed by atoms with E-state index in [9.17, 15) is 0 Å². The number of benzene rings is 2. The van der Waals surface area contributed by atoms with Crippen LogP contribution in [0.15, 0.2) is 36.4 Å². The summed E-state index contributed by atoms with van der Waals surface area (Å²) in [5.41, 5.74) is 1.91. The van der Waals surface area contributed by atoms with Gasteiger partial charge >= 0.3 is 0 Å². The number of nitrogens with one attached hydrogen (secondary N) is 1. The van der Waals surface area contributed by atoms with Crippen molar-refractivity contribution in [2.45, 2.75) is 13.2 Å². The maximum atomic E-state index is 6.16. The minimum absolute atomic E-state index is 0.354. The van der Waals surface area contributed by atoms with Crippen molar-refractivity contribution in [3.05, 3.63) is 57.6 Å². The molecule has 0 amide bonds. The van der Waals surface area contributed by atoms with Crippen LogP contribution in [-0.2, 0) is 13.2 Å². The highest BCUT2D eigenvalue weighted by molar-refractivity contribution is 6.35. The highest BCUT2D eigenvalue weighted by Gasteiger charge is 2.11. The number of rotatable bonds is 6. The molecular formula is C16H17Cl2NO2. The van der Waals surface area contributed by atoms with Gasteiger partial charge in [0.1, 0.15) is 6.61 Å². The maximum Gasteiger partial charge on any atom is 0.166 e. The Bertz CT molecular complexity index is 617. The minimum atomic E-state index is 0.354. The fraction of sp³-hybridized carbons (Fsp3) is 0.250. The van der Waals surface area contributed by atoms with E-state index in [1.54, 1.807) is 19.2 Å². The van der Waals surface area contributed by atoms with Crippen LogP contribution in [0.5, 0.6) is 11.5 Å². The summed E-state index contributed by atoms with van der Waals surface area (Å²) in [5, 5.41) is 4.31. The molecule has 2 aromatic carbocycles. The Hall–Kier alpha value is -1.42. The molecule has 5 heteroatoms. The molecule has 0 aliphatic heterocycles. The van der Waals surface area contributed by atoms with Gasteiger partial charge in [0.25, 0.3) is 0 Å². The van der Waals surface area contributed by atoms with Gasteiger partial charge in [-0.25, -0.2) is 0 Å². The average Bonchev–Trinajstić information content (AvgIpc) is 2.47. The number of ether oxygens (including phenoxy) is 2. The highest BCUT2D eigenvalue weighted by atomic mass is 35.5. The first-order valence-electron chi connectivity index (χ1n) is 6.53. The molecule has 0 unspecified atom stereocenters. The van der Waals surface area contributed by atoms with Crippen molar-refractivity contribution in [3.8, 4) is 11.5 Å². The Morgan fingerprint density at radius 3 is 2.57 bits per heavy atom. The lowest BCUT2D eigenvalue weighted by Gasteiger charge is -2.15. The molecule has 3 nitrogen and oxygen atoms in total. The molecule has 0 aliphatic rings. The van der Waals surface area contributed by atoms with Crippen LogP contribution in [0.4, 0.5) is 0 Å². The molecule has 0 saturated carbocycles.